The molecule has 1 aliphatic carbocycles. The molecule has 1 fully saturated rings. The molecule has 3 rings (SSSR count). The number of fused-ring (bicyclic) bond motifs is 2. The third kappa shape index (κ3) is 1.17. The zero-order valence-electron chi connectivity index (χ0n) is 9.32. The largest absolute Gasteiger partial charge is 0.469 e. The smallest absolute Gasteiger partial charge is 0.309 e. The molecule has 1 spiro atoms. The fourth-order valence-electron chi connectivity index (χ4n) is 2.96. The second-order valence-electron chi connectivity index (χ2n) is 4.66. The minimum absolute atomic E-state index is 0.0586. The third-order valence-corrected chi connectivity index (χ3v) is 3.91. The van der Waals surface area contributed by atoms with E-state index < -0.39 is 0 Å². The van der Waals surface area contributed by atoms with Crippen LogP contribution in [0.5, 0.6) is 0 Å². The van der Waals surface area contributed by atoms with E-state index in [0.717, 1.165) is 19.4 Å². The molecule has 2 aliphatic rings. The van der Waals surface area contributed by atoms with Crippen LogP contribution < -0.4 is 5.32 Å². The first-order chi connectivity index (χ1) is 7.78. The monoisotopic (exact) mass is 217 g/mol. The zero-order chi connectivity index (χ0) is 11.2. The van der Waals surface area contributed by atoms with Gasteiger partial charge in [0.05, 0.1) is 13.0 Å². The van der Waals surface area contributed by atoms with Crippen LogP contribution in [0, 0.1) is 5.92 Å². The highest BCUT2D eigenvalue weighted by atomic mass is 16.5. The Morgan fingerprint density at radius 3 is 3.12 bits per heavy atom. The standard InChI is InChI=1S/C13H15NO2/c1-16-12(15)10-8-13(10)6-7-14-11-5-3-2-4-9(11)13/h2-5,10,14H,6-8H2,1H3. The lowest BCUT2D eigenvalue weighted by atomic mass is 9.86. The molecule has 0 bridgehead atoms. The highest BCUT2D eigenvalue weighted by Crippen LogP contribution is 2.60. The third-order valence-electron chi connectivity index (χ3n) is 3.91. The van der Waals surface area contributed by atoms with Crippen LogP contribution in [0.1, 0.15) is 18.4 Å². The number of carbonyl (C=O) groups excluding carboxylic acids is 1. The number of rotatable bonds is 1. The summed E-state index contributed by atoms with van der Waals surface area (Å²) in [4.78, 5) is 11.6. The normalized spacial score (nSPS) is 30.4. The number of esters is 1. The first-order valence-corrected chi connectivity index (χ1v) is 5.69. The number of anilines is 1. The Kier molecular flexibility index (Phi) is 1.96. The average molecular weight is 217 g/mol. The molecule has 2 atom stereocenters. The van der Waals surface area contributed by atoms with Gasteiger partial charge in [0.1, 0.15) is 0 Å². The molecule has 0 amide bonds. The van der Waals surface area contributed by atoms with Crippen LogP contribution in [0.2, 0.25) is 0 Å². The van der Waals surface area contributed by atoms with E-state index in [1.165, 1.54) is 18.4 Å². The number of hydrogen-bond acceptors (Lipinski definition) is 3. The molecule has 16 heavy (non-hydrogen) atoms. The number of hydrogen-bond donors (Lipinski definition) is 1. The molecule has 1 N–H and O–H groups in total. The number of para-hydroxylation sites is 1. The molecule has 3 heteroatoms. The minimum atomic E-state index is -0.0586. The van der Waals surface area contributed by atoms with Crippen molar-refractivity contribution in [3.8, 4) is 0 Å². The number of carbonyl (C=O) groups is 1. The van der Waals surface area contributed by atoms with Gasteiger partial charge in [-0.2, -0.15) is 0 Å². The predicted molar refractivity (Wildman–Crippen MR) is 61.3 cm³/mol. The Labute approximate surface area is 94.8 Å². The van der Waals surface area contributed by atoms with E-state index >= 15 is 0 Å². The lowest BCUT2D eigenvalue weighted by Crippen LogP contribution is -2.26. The van der Waals surface area contributed by atoms with Gasteiger partial charge < -0.3 is 10.1 Å². The van der Waals surface area contributed by atoms with Crippen LogP contribution in [-0.2, 0) is 14.9 Å². The molecule has 1 aromatic carbocycles. The lowest BCUT2D eigenvalue weighted by molar-refractivity contribution is -0.142. The second-order valence-corrected chi connectivity index (χ2v) is 4.66. The van der Waals surface area contributed by atoms with E-state index in [4.69, 9.17) is 4.74 Å². The lowest BCUT2D eigenvalue weighted by Gasteiger charge is -2.27. The number of ether oxygens (including phenoxy) is 1. The Hall–Kier alpha value is -1.51. The summed E-state index contributed by atoms with van der Waals surface area (Å²) < 4.78 is 4.86. The van der Waals surface area contributed by atoms with Crippen LogP contribution >= 0.6 is 0 Å². The van der Waals surface area contributed by atoms with Crippen LogP contribution in [0.3, 0.4) is 0 Å². The van der Waals surface area contributed by atoms with Gasteiger partial charge >= 0.3 is 5.97 Å². The van der Waals surface area contributed by atoms with Gasteiger partial charge in [-0.25, -0.2) is 0 Å². The zero-order valence-corrected chi connectivity index (χ0v) is 9.32. The van der Waals surface area contributed by atoms with Gasteiger partial charge in [-0.3, -0.25) is 4.79 Å². The van der Waals surface area contributed by atoms with Crippen molar-refractivity contribution in [2.75, 3.05) is 19.0 Å². The van der Waals surface area contributed by atoms with Gasteiger partial charge in [-0.15, -0.1) is 0 Å². The fourth-order valence-corrected chi connectivity index (χ4v) is 2.96. The van der Waals surface area contributed by atoms with Crippen molar-refractivity contribution in [3.63, 3.8) is 0 Å². The van der Waals surface area contributed by atoms with Crippen molar-refractivity contribution in [3.05, 3.63) is 29.8 Å². The minimum Gasteiger partial charge on any atom is -0.469 e. The summed E-state index contributed by atoms with van der Waals surface area (Å²) in [6.07, 6.45) is 1.97. The number of methoxy groups -OCH3 is 1. The van der Waals surface area contributed by atoms with Gasteiger partial charge in [0, 0.05) is 17.6 Å². The van der Waals surface area contributed by atoms with Gasteiger partial charge in [0.15, 0.2) is 0 Å². The highest BCUT2D eigenvalue weighted by molar-refractivity contribution is 5.80. The van der Waals surface area contributed by atoms with Crippen molar-refractivity contribution >= 4 is 11.7 Å². The van der Waals surface area contributed by atoms with Crippen molar-refractivity contribution in [2.24, 2.45) is 5.92 Å². The van der Waals surface area contributed by atoms with E-state index in [1.807, 2.05) is 12.1 Å². The maximum Gasteiger partial charge on any atom is 0.309 e. The van der Waals surface area contributed by atoms with E-state index in [-0.39, 0.29) is 17.3 Å². The van der Waals surface area contributed by atoms with Crippen LogP contribution in [0.15, 0.2) is 24.3 Å². The summed E-state index contributed by atoms with van der Waals surface area (Å²) in [6, 6.07) is 8.29. The summed E-state index contributed by atoms with van der Waals surface area (Å²) in [6.45, 7) is 0.949. The summed E-state index contributed by atoms with van der Waals surface area (Å²) >= 11 is 0. The summed E-state index contributed by atoms with van der Waals surface area (Å²) in [5, 5.41) is 3.38. The molecule has 1 aromatic rings. The van der Waals surface area contributed by atoms with Crippen molar-refractivity contribution in [1.82, 2.24) is 0 Å². The molecule has 2 unspecified atom stereocenters. The number of benzene rings is 1. The summed E-state index contributed by atoms with van der Waals surface area (Å²) in [5.41, 5.74) is 2.53. The van der Waals surface area contributed by atoms with Crippen LogP contribution in [-0.4, -0.2) is 19.6 Å². The first-order valence-electron chi connectivity index (χ1n) is 5.69. The molecule has 0 saturated heterocycles. The molecule has 0 radical (unpaired) electrons. The summed E-state index contributed by atoms with van der Waals surface area (Å²) in [7, 11) is 1.47. The van der Waals surface area contributed by atoms with Gasteiger partial charge in [-0.1, -0.05) is 18.2 Å². The van der Waals surface area contributed by atoms with Gasteiger partial charge in [0.2, 0.25) is 0 Å². The first kappa shape index (κ1) is 9.70. The van der Waals surface area contributed by atoms with Gasteiger partial charge in [0.25, 0.3) is 0 Å². The molecule has 1 saturated carbocycles. The SMILES string of the molecule is COC(=O)C1CC12CCNc1ccccc12. The molecular formula is C13H15NO2. The van der Waals surface area contributed by atoms with Gasteiger partial charge in [-0.05, 0) is 24.5 Å². The van der Waals surface area contributed by atoms with E-state index in [9.17, 15) is 4.79 Å². The predicted octanol–water partition coefficient (Wildman–Crippen LogP) is 1.93. The van der Waals surface area contributed by atoms with E-state index in [2.05, 4.69) is 17.4 Å². The highest BCUT2D eigenvalue weighted by Gasteiger charge is 2.61. The quantitative estimate of drug-likeness (QED) is 0.730. The summed E-state index contributed by atoms with van der Waals surface area (Å²) in [5.74, 6) is 0.0115. The Bertz CT molecular complexity index is 443. The Balaban J connectivity index is 1.98. The topological polar surface area (TPSA) is 38.3 Å². The molecule has 1 aliphatic heterocycles. The van der Waals surface area contributed by atoms with Crippen LogP contribution in [0.4, 0.5) is 5.69 Å². The average Bonchev–Trinajstić information content (AvgIpc) is 3.04. The molecule has 3 nitrogen and oxygen atoms in total. The Morgan fingerprint density at radius 2 is 2.31 bits per heavy atom. The molecular weight excluding hydrogens is 202 g/mol. The van der Waals surface area contributed by atoms with Crippen molar-refractivity contribution in [2.45, 2.75) is 18.3 Å². The van der Waals surface area contributed by atoms with E-state index in [1.54, 1.807) is 0 Å². The fraction of sp³-hybridized carbons (Fsp3) is 0.462. The van der Waals surface area contributed by atoms with E-state index in [0.29, 0.717) is 0 Å². The maximum absolute atomic E-state index is 11.6. The van der Waals surface area contributed by atoms with Crippen LogP contribution in [0.25, 0.3) is 0 Å². The molecule has 84 valence electrons. The number of nitrogens with one attached hydrogen (secondary N) is 1. The van der Waals surface area contributed by atoms with Crippen molar-refractivity contribution < 1.29 is 9.53 Å². The second kappa shape index (κ2) is 3.24. The Morgan fingerprint density at radius 1 is 1.50 bits per heavy atom. The molecule has 0 aromatic heterocycles. The van der Waals surface area contributed by atoms with Crippen molar-refractivity contribution in [1.29, 1.82) is 0 Å². The molecule has 1 heterocycles. The maximum atomic E-state index is 11.6.